The summed E-state index contributed by atoms with van der Waals surface area (Å²) in [5, 5.41) is 11.1. The van der Waals surface area contributed by atoms with Gasteiger partial charge < -0.3 is 10.4 Å². The van der Waals surface area contributed by atoms with Gasteiger partial charge in [0.25, 0.3) is 0 Å². The van der Waals surface area contributed by atoms with Gasteiger partial charge in [-0.15, -0.1) is 0 Å². The van der Waals surface area contributed by atoms with Crippen molar-refractivity contribution in [2.75, 3.05) is 13.2 Å². The molecule has 0 amide bonds. The molecule has 2 N–H and O–H groups in total. The molecule has 0 aliphatic carbocycles. The number of hydrogen-bond acceptors (Lipinski definition) is 2. The minimum Gasteiger partial charge on any atom is -0.395 e. The molecule has 0 fully saturated rings. The molecule has 0 unspecified atom stereocenters. The number of hydrogen-bond donors (Lipinski definition) is 2. The first-order chi connectivity index (χ1) is 3.91. The van der Waals surface area contributed by atoms with Gasteiger partial charge >= 0.3 is 0 Å². The van der Waals surface area contributed by atoms with Crippen molar-refractivity contribution in [1.29, 1.82) is 0 Å². The minimum atomic E-state index is 0.168. The lowest BCUT2D eigenvalue weighted by atomic mass is 10.6. The van der Waals surface area contributed by atoms with Crippen molar-refractivity contribution in [1.82, 2.24) is 5.32 Å². The normalized spacial score (nSPS) is 9.62. The van der Waals surface area contributed by atoms with Crippen LogP contribution in [-0.4, -0.2) is 18.3 Å². The highest BCUT2D eigenvalue weighted by atomic mass is 16.3. The SMILES string of the molecule is C=C/C=C/NCCO. The van der Waals surface area contributed by atoms with Crippen LogP contribution in [0.25, 0.3) is 0 Å². The average Bonchev–Trinajstić information content (AvgIpc) is 1.81. The number of aliphatic hydroxyl groups excluding tert-OH is 1. The van der Waals surface area contributed by atoms with Crippen LogP contribution in [0.2, 0.25) is 0 Å². The molecule has 0 aromatic carbocycles. The summed E-state index contributed by atoms with van der Waals surface area (Å²) in [6, 6.07) is 0. The Kier molecular flexibility index (Phi) is 5.65. The Bertz CT molecular complexity index is 78.6. The summed E-state index contributed by atoms with van der Waals surface area (Å²) < 4.78 is 0. The maximum Gasteiger partial charge on any atom is 0.0603 e. The molecule has 0 spiro atoms. The van der Waals surface area contributed by atoms with Gasteiger partial charge in [-0.3, -0.25) is 0 Å². The van der Waals surface area contributed by atoms with Crippen LogP contribution < -0.4 is 5.32 Å². The lowest BCUT2D eigenvalue weighted by Gasteiger charge is -1.91. The van der Waals surface area contributed by atoms with Gasteiger partial charge in [0.2, 0.25) is 0 Å². The first-order valence-electron chi connectivity index (χ1n) is 2.53. The maximum atomic E-state index is 8.24. The van der Waals surface area contributed by atoms with Gasteiger partial charge in [-0.2, -0.15) is 0 Å². The summed E-state index contributed by atoms with van der Waals surface area (Å²) in [5.74, 6) is 0. The largest absolute Gasteiger partial charge is 0.395 e. The van der Waals surface area contributed by atoms with Crippen LogP contribution >= 0.6 is 0 Å². The van der Waals surface area contributed by atoms with Crippen LogP contribution in [0.15, 0.2) is 24.9 Å². The highest BCUT2D eigenvalue weighted by molar-refractivity contribution is 4.95. The van der Waals surface area contributed by atoms with Crippen molar-refractivity contribution in [3.05, 3.63) is 24.9 Å². The van der Waals surface area contributed by atoms with Crippen molar-refractivity contribution in [3.63, 3.8) is 0 Å². The van der Waals surface area contributed by atoms with E-state index in [1.807, 2.05) is 0 Å². The van der Waals surface area contributed by atoms with E-state index >= 15 is 0 Å². The second-order valence-electron chi connectivity index (χ2n) is 1.27. The molecular weight excluding hydrogens is 102 g/mol. The van der Waals surface area contributed by atoms with Gasteiger partial charge in [-0.25, -0.2) is 0 Å². The van der Waals surface area contributed by atoms with Crippen LogP contribution in [0.5, 0.6) is 0 Å². The van der Waals surface area contributed by atoms with Crippen LogP contribution in [-0.2, 0) is 0 Å². The Morgan fingerprint density at radius 3 is 2.88 bits per heavy atom. The van der Waals surface area contributed by atoms with Gasteiger partial charge in [0.1, 0.15) is 0 Å². The number of rotatable bonds is 4. The van der Waals surface area contributed by atoms with Crippen LogP contribution in [0.1, 0.15) is 0 Å². The summed E-state index contributed by atoms with van der Waals surface area (Å²) in [4.78, 5) is 0. The van der Waals surface area contributed by atoms with E-state index in [1.54, 1.807) is 18.4 Å². The summed E-state index contributed by atoms with van der Waals surface area (Å²) in [6.45, 7) is 4.24. The lowest BCUT2D eigenvalue weighted by Crippen LogP contribution is -2.09. The average molecular weight is 113 g/mol. The molecule has 0 atom stereocenters. The molecule has 46 valence electrons. The van der Waals surface area contributed by atoms with Crippen LogP contribution in [0, 0.1) is 0 Å². The Morgan fingerprint density at radius 1 is 1.62 bits per heavy atom. The van der Waals surface area contributed by atoms with Crippen molar-refractivity contribution in [2.24, 2.45) is 0 Å². The monoisotopic (exact) mass is 113 g/mol. The van der Waals surface area contributed by atoms with Crippen molar-refractivity contribution < 1.29 is 5.11 Å². The molecule has 0 bridgehead atoms. The highest BCUT2D eigenvalue weighted by Gasteiger charge is 1.70. The topological polar surface area (TPSA) is 32.3 Å². The fraction of sp³-hybridized carbons (Fsp3) is 0.333. The second-order valence-corrected chi connectivity index (χ2v) is 1.27. The minimum absolute atomic E-state index is 0.168. The summed E-state index contributed by atoms with van der Waals surface area (Å²) in [7, 11) is 0. The molecule has 2 nitrogen and oxygen atoms in total. The predicted molar refractivity (Wildman–Crippen MR) is 34.4 cm³/mol. The van der Waals surface area contributed by atoms with Gasteiger partial charge in [-0.1, -0.05) is 12.7 Å². The van der Waals surface area contributed by atoms with E-state index in [2.05, 4.69) is 11.9 Å². The van der Waals surface area contributed by atoms with Crippen molar-refractivity contribution in [2.45, 2.75) is 0 Å². The van der Waals surface area contributed by atoms with E-state index in [4.69, 9.17) is 5.11 Å². The number of aliphatic hydroxyl groups is 1. The Hall–Kier alpha value is -0.760. The van der Waals surface area contributed by atoms with Crippen molar-refractivity contribution >= 4 is 0 Å². The standard InChI is InChI=1S/C6H11NO/c1-2-3-4-7-5-6-8/h2-4,7-8H,1,5-6H2/b4-3+. The molecule has 8 heavy (non-hydrogen) atoms. The molecule has 0 saturated carbocycles. The molecule has 0 aromatic rings. The zero-order valence-corrected chi connectivity index (χ0v) is 4.80. The van der Waals surface area contributed by atoms with Crippen LogP contribution in [0.3, 0.4) is 0 Å². The summed E-state index contributed by atoms with van der Waals surface area (Å²) >= 11 is 0. The Balaban J connectivity index is 2.91. The third-order valence-corrected chi connectivity index (χ3v) is 0.606. The molecule has 0 radical (unpaired) electrons. The fourth-order valence-corrected chi connectivity index (χ4v) is 0.284. The molecule has 0 heterocycles. The highest BCUT2D eigenvalue weighted by Crippen LogP contribution is 1.65. The van der Waals surface area contributed by atoms with E-state index in [1.165, 1.54) is 0 Å². The first kappa shape index (κ1) is 7.24. The molecule has 0 saturated heterocycles. The number of nitrogens with one attached hydrogen (secondary N) is 1. The number of allylic oxidation sites excluding steroid dienone is 2. The van der Waals surface area contributed by atoms with E-state index in [-0.39, 0.29) is 6.61 Å². The Morgan fingerprint density at radius 2 is 2.38 bits per heavy atom. The summed E-state index contributed by atoms with van der Waals surface area (Å²) in [6.07, 6.45) is 5.18. The molecule has 0 rings (SSSR count). The lowest BCUT2D eigenvalue weighted by molar-refractivity contribution is 0.298. The molecule has 0 aliphatic heterocycles. The zero-order chi connectivity index (χ0) is 6.24. The van der Waals surface area contributed by atoms with Crippen molar-refractivity contribution in [3.8, 4) is 0 Å². The fourth-order valence-electron chi connectivity index (χ4n) is 0.284. The molecular formula is C6H11NO. The van der Waals surface area contributed by atoms with Gasteiger partial charge in [0.05, 0.1) is 6.61 Å². The molecule has 0 aliphatic rings. The van der Waals surface area contributed by atoms with E-state index < -0.39 is 0 Å². The quantitative estimate of drug-likeness (QED) is 0.405. The third kappa shape index (κ3) is 5.24. The van der Waals surface area contributed by atoms with Gasteiger partial charge in [-0.05, 0) is 12.3 Å². The second kappa shape index (κ2) is 6.24. The molecule has 0 aromatic heterocycles. The third-order valence-electron chi connectivity index (χ3n) is 0.606. The first-order valence-corrected chi connectivity index (χ1v) is 2.53. The smallest absolute Gasteiger partial charge is 0.0603 e. The van der Waals surface area contributed by atoms with E-state index in [9.17, 15) is 0 Å². The predicted octanol–water partition coefficient (Wildman–Crippen LogP) is 0.268. The zero-order valence-electron chi connectivity index (χ0n) is 4.80. The summed E-state index contributed by atoms with van der Waals surface area (Å²) in [5.41, 5.74) is 0. The van der Waals surface area contributed by atoms with Crippen LogP contribution in [0.4, 0.5) is 0 Å². The Labute approximate surface area is 49.5 Å². The molecule has 2 heteroatoms. The maximum absolute atomic E-state index is 8.24. The van der Waals surface area contributed by atoms with E-state index in [0.717, 1.165) is 0 Å². The van der Waals surface area contributed by atoms with Gasteiger partial charge in [0, 0.05) is 6.54 Å². The van der Waals surface area contributed by atoms with Gasteiger partial charge in [0.15, 0.2) is 0 Å². The van der Waals surface area contributed by atoms with E-state index in [0.29, 0.717) is 6.54 Å².